The lowest BCUT2D eigenvalue weighted by Gasteiger charge is -2.26. The molecule has 31 heavy (non-hydrogen) atoms. The second-order valence-corrected chi connectivity index (χ2v) is 9.57. The molecule has 0 bridgehead atoms. The molecular formula is C23H28N2O5S. The van der Waals surface area contributed by atoms with E-state index < -0.39 is 10.0 Å². The zero-order valence-electron chi connectivity index (χ0n) is 17.9. The Kier molecular flexibility index (Phi) is 7.46. The zero-order valence-corrected chi connectivity index (χ0v) is 18.7. The minimum absolute atomic E-state index is 0.00689. The van der Waals surface area contributed by atoms with Crippen molar-refractivity contribution in [1.29, 1.82) is 0 Å². The van der Waals surface area contributed by atoms with Gasteiger partial charge in [-0.2, -0.15) is 4.31 Å². The summed E-state index contributed by atoms with van der Waals surface area (Å²) in [6.07, 6.45) is 2.75. The van der Waals surface area contributed by atoms with Gasteiger partial charge in [0.05, 0.1) is 7.11 Å². The van der Waals surface area contributed by atoms with Crippen molar-refractivity contribution in [2.75, 3.05) is 25.5 Å². The number of nitrogens with one attached hydrogen (secondary N) is 1. The normalized spacial score (nSPS) is 14.8. The average Bonchev–Trinajstić information content (AvgIpc) is 2.78. The minimum atomic E-state index is -3.73. The number of carbonyl (C=O) groups excluding carboxylic acids is 2. The molecule has 0 aromatic heterocycles. The summed E-state index contributed by atoms with van der Waals surface area (Å²) >= 11 is 0. The summed E-state index contributed by atoms with van der Waals surface area (Å²) in [4.78, 5) is 24.7. The van der Waals surface area contributed by atoms with Crippen LogP contribution in [0.2, 0.25) is 0 Å². The number of anilines is 1. The lowest BCUT2D eigenvalue weighted by Crippen LogP contribution is -2.35. The maximum atomic E-state index is 13.1. The van der Waals surface area contributed by atoms with Crippen LogP contribution in [-0.2, 0) is 14.8 Å². The fraction of sp³-hybridized carbons (Fsp3) is 0.391. The molecule has 1 fully saturated rings. The number of amides is 1. The second kappa shape index (κ2) is 10.1. The van der Waals surface area contributed by atoms with E-state index in [1.54, 1.807) is 18.2 Å². The number of ether oxygens (including phenoxy) is 1. The Balaban J connectivity index is 1.68. The molecule has 0 aliphatic carbocycles. The maximum Gasteiger partial charge on any atom is 0.246 e. The monoisotopic (exact) mass is 444 g/mol. The van der Waals surface area contributed by atoms with E-state index in [9.17, 15) is 18.0 Å². The number of aryl methyl sites for hydroxylation is 1. The van der Waals surface area contributed by atoms with Gasteiger partial charge in [-0.3, -0.25) is 9.59 Å². The molecule has 0 spiro atoms. The summed E-state index contributed by atoms with van der Waals surface area (Å²) in [6.45, 7) is 2.89. The van der Waals surface area contributed by atoms with Gasteiger partial charge < -0.3 is 10.1 Å². The summed E-state index contributed by atoms with van der Waals surface area (Å²) < 4.78 is 32.9. The quantitative estimate of drug-likeness (QED) is 0.626. The smallest absolute Gasteiger partial charge is 0.246 e. The van der Waals surface area contributed by atoms with Crippen LogP contribution >= 0.6 is 0 Å². The van der Waals surface area contributed by atoms with Crippen molar-refractivity contribution < 1.29 is 22.7 Å². The molecule has 1 aliphatic heterocycles. The molecule has 0 radical (unpaired) electrons. The first kappa shape index (κ1) is 23.0. The topological polar surface area (TPSA) is 92.8 Å². The lowest BCUT2D eigenvalue weighted by atomic mass is 10.0. The summed E-state index contributed by atoms with van der Waals surface area (Å²) in [5.41, 5.74) is 1.98. The van der Waals surface area contributed by atoms with E-state index in [-0.39, 0.29) is 35.2 Å². The number of ketones is 1. The van der Waals surface area contributed by atoms with Gasteiger partial charge in [0.15, 0.2) is 5.78 Å². The van der Waals surface area contributed by atoms with E-state index in [0.717, 1.165) is 24.8 Å². The van der Waals surface area contributed by atoms with E-state index >= 15 is 0 Å². The number of rotatable bonds is 8. The van der Waals surface area contributed by atoms with Gasteiger partial charge in [-0.1, -0.05) is 36.2 Å². The van der Waals surface area contributed by atoms with Crippen molar-refractivity contribution in [2.24, 2.45) is 0 Å². The number of methoxy groups -OCH3 is 1. The Morgan fingerprint density at radius 3 is 2.32 bits per heavy atom. The number of carbonyl (C=O) groups is 2. The van der Waals surface area contributed by atoms with E-state index in [2.05, 4.69) is 5.32 Å². The van der Waals surface area contributed by atoms with E-state index in [4.69, 9.17) is 4.74 Å². The predicted molar refractivity (Wildman–Crippen MR) is 119 cm³/mol. The van der Waals surface area contributed by atoms with Crippen molar-refractivity contribution in [2.45, 2.75) is 43.9 Å². The Hall–Kier alpha value is -2.71. The SMILES string of the molecule is COc1ccc(NC(=O)CCC(=O)c2ccc(C)cc2)cc1S(=O)(=O)N1CCCCC1. The van der Waals surface area contributed by atoms with Crippen molar-refractivity contribution in [1.82, 2.24) is 4.31 Å². The molecule has 3 rings (SSSR count). The number of hydrogen-bond acceptors (Lipinski definition) is 5. The third-order valence-electron chi connectivity index (χ3n) is 5.33. The highest BCUT2D eigenvalue weighted by Crippen LogP contribution is 2.31. The van der Waals surface area contributed by atoms with E-state index in [1.807, 2.05) is 19.1 Å². The number of piperidine rings is 1. The van der Waals surface area contributed by atoms with E-state index in [1.165, 1.54) is 23.5 Å². The van der Waals surface area contributed by atoms with Gasteiger partial charge in [-0.15, -0.1) is 0 Å². The Morgan fingerprint density at radius 2 is 1.68 bits per heavy atom. The van der Waals surface area contributed by atoms with Gasteiger partial charge in [-0.25, -0.2) is 8.42 Å². The molecule has 1 heterocycles. The van der Waals surface area contributed by atoms with Crippen LogP contribution in [0.1, 0.15) is 48.0 Å². The molecule has 7 nitrogen and oxygen atoms in total. The summed E-state index contributed by atoms with van der Waals surface area (Å²) in [7, 11) is -2.31. The van der Waals surface area contributed by atoms with Gasteiger partial charge in [0, 0.05) is 37.2 Å². The minimum Gasteiger partial charge on any atom is -0.495 e. The molecule has 2 aromatic carbocycles. The number of sulfonamides is 1. The molecule has 2 aromatic rings. The van der Waals surface area contributed by atoms with Crippen molar-refractivity contribution >= 4 is 27.4 Å². The van der Waals surface area contributed by atoms with Crippen LogP contribution < -0.4 is 10.1 Å². The Labute approximate surface area is 183 Å². The molecule has 8 heteroatoms. The molecular weight excluding hydrogens is 416 g/mol. The highest BCUT2D eigenvalue weighted by atomic mass is 32.2. The first-order valence-electron chi connectivity index (χ1n) is 10.4. The summed E-state index contributed by atoms with van der Waals surface area (Å²) in [5, 5.41) is 2.69. The van der Waals surface area contributed by atoms with Crippen LogP contribution in [0.5, 0.6) is 5.75 Å². The molecule has 166 valence electrons. The predicted octanol–water partition coefficient (Wildman–Crippen LogP) is 3.78. The molecule has 1 N–H and O–H groups in total. The lowest BCUT2D eigenvalue weighted by molar-refractivity contribution is -0.116. The fourth-order valence-electron chi connectivity index (χ4n) is 3.53. The van der Waals surface area contributed by atoms with Gasteiger partial charge >= 0.3 is 0 Å². The van der Waals surface area contributed by atoms with Gasteiger partial charge in [0.1, 0.15) is 10.6 Å². The second-order valence-electron chi connectivity index (χ2n) is 7.67. The molecule has 1 aliphatic rings. The first-order chi connectivity index (χ1) is 14.8. The highest BCUT2D eigenvalue weighted by Gasteiger charge is 2.29. The van der Waals surface area contributed by atoms with E-state index in [0.29, 0.717) is 24.3 Å². The average molecular weight is 445 g/mol. The van der Waals surface area contributed by atoms with Gasteiger partial charge in [0.2, 0.25) is 15.9 Å². The molecule has 1 saturated heterocycles. The van der Waals surface area contributed by atoms with Gasteiger partial charge in [-0.05, 0) is 38.0 Å². The molecule has 0 saturated carbocycles. The van der Waals surface area contributed by atoms with Crippen molar-refractivity contribution in [3.05, 3.63) is 53.6 Å². The van der Waals surface area contributed by atoms with Crippen LogP contribution in [0.4, 0.5) is 5.69 Å². The van der Waals surface area contributed by atoms with Crippen LogP contribution in [0.25, 0.3) is 0 Å². The third-order valence-corrected chi connectivity index (χ3v) is 7.25. The largest absolute Gasteiger partial charge is 0.495 e. The first-order valence-corrected chi connectivity index (χ1v) is 11.8. The van der Waals surface area contributed by atoms with Crippen LogP contribution in [0.3, 0.4) is 0 Å². The summed E-state index contributed by atoms with van der Waals surface area (Å²) in [6, 6.07) is 11.7. The zero-order chi connectivity index (χ0) is 22.4. The van der Waals surface area contributed by atoms with Crippen molar-refractivity contribution in [3.8, 4) is 5.75 Å². The van der Waals surface area contributed by atoms with Crippen molar-refractivity contribution in [3.63, 3.8) is 0 Å². The Morgan fingerprint density at radius 1 is 1.00 bits per heavy atom. The number of Topliss-reactive ketones (excluding diaryl/α,β-unsaturated/α-hetero) is 1. The van der Waals surface area contributed by atoms with Gasteiger partial charge in [0.25, 0.3) is 0 Å². The molecule has 0 unspecified atom stereocenters. The fourth-order valence-corrected chi connectivity index (χ4v) is 5.23. The number of benzene rings is 2. The standard InChI is InChI=1S/C23H28N2O5S/c1-17-6-8-18(9-7-17)20(26)11-13-23(27)24-19-10-12-21(30-2)22(16-19)31(28,29)25-14-4-3-5-15-25/h6-10,12,16H,3-5,11,13-15H2,1-2H3,(H,24,27). The maximum absolute atomic E-state index is 13.1. The van der Waals surface area contributed by atoms with Crippen LogP contribution in [0, 0.1) is 6.92 Å². The summed E-state index contributed by atoms with van der Waals surface area (Å²) in [5.74, 6) is -0.233. The number of hydrogen-bond donors (Lipinski definition) is 1. The highest BCUT2D eigenvalue weighted by molar-refractivity contribution is 7.89. The third kappa shape index (κ3) is 5.71. The van der Waals surface area contributed by atoms with Crippen LogP contribution in [0.15, 0.2) is 47.4 Å². The van der Waals surface area contributed by atoms with Crippen LogP contribution in [-0.4, -0.2) is 44.6 Å². The molecule has 1 amide bonds. The molecule has 0 atom stereocenters. The Bertz CT molecular complexity index is 1040. The number of nitrogens with zero attached hydrogens (tertiary/aromatic N) is 1.